The number of nitrogens with one attached hydrogen (secondary N) is 3. The highest BCUT2D eigenvalue weighted by molar-refractivity contribution is 7.18. The van der Waals surface area contributed by atoms with Gasteiger partial charge in [-0.05, 0) is 61.2 Å². The van der Waals surface area contributed by atoms with Crippen LogP contribution in [0.1, 0.15) is 63.4 Å². The zero-order valence-corrected chi connectivity index (χ0v) is 23.7. The molecule has 0 aliphatic heterocycles. The van der Waals surface area contributed by atoms with Crippen LogP contribution in [0.25, 0.3) is 11.3 Å². The number of nitrogens with zero attached hydrogens (tertiary/aromatic N) is 1. The molecular weight excluding hydrogens is 546 g/mol. The zero-order valence-electron chi connectivity index (χ0n) is 22.9. The molecule has 42 heavy (non-hydrogen) atoms. The van der Waals surface area contributed by atoms with Gasteiger partial charge in [0.1, 0.15) is 10.7 Å². The lowest BCUT2D eigenvalue weighted by Gasteiger charge is -2.10. The Balaban J connectivity index is 0.00000405. The Kier molecular flexibility index (Phi) is 10.2. The van der Waals surface area contributed by atoms with Crippen molar-refractivity contribution in [1.82, 2.24) is 15.6 Å². The number of hydrogen-bond donors (Lipinski definition) is 4. The Morgan fingerprint density at radius 3 is 2.45 bits per heavy atom. The fourth-order valence-corrected chi connectivity index (χ4v) is 5.31. The molecule has 0 atom stereocenters. The van der Waals surface area contributed by atoms with Crippen molar-refractivity contribution >= 4 is 39.8 Å². The van der Waals surface area contributed by atoms with Gasteiger partial charge in [-0.3, -0.25) is 14.4 Å². The van der Waals surface area contributed by atoms with E-state index >= 15 is 0 Å². The summed E-state index contributed by atoms with van der Waals surface area (Å²) < 4.78 is 0. The molecule has 0 unspecified atom stereocenters. The van der Waals surface area contributed by atoms with Crippen LogP contribution in [0.15, 0.2) is 72.8 Å². The first-order chi connectivity index (χ1) is 19.9. The average Bonchev–Trinajstić information content (AvgIpc) is 3.69. The number of nitrogens with two attached hydrogens (primary N) is 1. The first-order valence-electron chi connectivity index (χ1n) is 13.7. The molecule has 5 rings (SSSR count). The Morgan fingerprint density at radius 2 is 1.71 bits per heavy atom. The SMILES string of the molecule is C.Cc1ccc(C(=O)NC2CC2)cc1Nc1nc(-c2cccc(CC(=O)CCN)c2)c(C(=O)NCc2ccccc2)s1. The number of amides is 2. The summed E-state index contributed by atoms with van der Waals surface area (Å²) in [6.07, 6.45) is 2.62. The summed E-state index contributed by atoms with van der Waals surface area (Å²) in [5.74, 6) is -0.280. The van der Waals surface area contributed by atoms with Gasteiger partial charge >= 0.3 is 0 Å². The molecule has 1 saturated carbocycles. The number of carbonyl (C=O) groups is 3. The molecular formula is C33H37N5O3S. The molecule has 1 aliphatic rings. The zero-order chi connectivity index (χ0) is 28.8. The highest BCUT2D eigenvalue weighted by Gasteiger charge is 2.24. The monoisotopic (exact) mass is 583 g/mol. The van der Waals surface area contributed by atoms with Gasteiger partial charge in [-0.15, -0.1) is 0 Å². The lowest BCUT2D eigenvalue weighted by molar-refractivity contribution is -0.118. The number of Topliss-reactive ketones (excluding diaryl/α,β-unsaturated/α-hetero) is 1. The van der Waals surface area contributed by atoms with Gasteiger partial charge in [0.2, 0.25) is 0 Å². The van der Waals surface area contributed by atoms with E-state index in [4.69, 9.17) is 10.7 Å². The highest BCUT2D eigenvalue weighted by Crippen LogP contribution is 2.34. The van der Waals surface area contributed by atoms with E-state index in [9.17, 15) is 14.4 Å². The molecule has 218 valence electrons. The number of aromatic nitrogens is 1. The van der Waals surface area contributed by atoms with Crippen LogP contribution in [-0.4, -0.2) is 35.2 Å². The maximum Gasteiger partial charge on any atom is 0.264 e. The summed E-state index contributed by atoms with van der Waals surface area (Å²) in [5, 5.41) is 9.89. The number of benzene rings is 3. The molecule has 1 fully saturated rings. The van der Waals surface area contributed by atoms with E-state index in [1.165, 1.54) is 11.3 Å². The Bertz CT molecular complexity index is 1560. The van der Waals surface area contributed by atoms with Crippen LogP contribution in [-0.2, 0) is 17.8 Å². The molecule has 5 N–H and O–H groups in total. The van der Waals surface area contributed by atoms with Crippen LogP contribution < -0.4 is 21.7 Å². The number of aryl methyl sites for hydroxylation is 1. The molecule has 0 bridgehead atoms. The van der Waals surface area contributed by atoms with Gasteiger partial charge in [-0.1, -0.05) is 73.4 Å². The van der Waals surface area contributed by atoms with Crippen molar-refractivity contribution in [3.63, 3.8) is 0 Å². The van der Waals surface area contributed by atoms with Crippen LogP contribution >= 0.6 is 11.3 Å². The fraction of sp³-hybridized carbons (Fsp3) is 0.273. The van der Waals surface area contributed by atoms with Crippen molar-refractivity contribution in [1.29, 1.82) is 0 Å². The minimum atomic E-state index is -0.242. The van der Waals surface area contributed by atoms with Gasteiger partial charge in [0.25, 0.3) is 11.8 Å². The van der Waals surface area contributed by atoms with E-state index in [1.54, 1.807) is 0 Å². The molecule has 4 aromatic rings. The Labute approximate surface area is 250 Å². The molecule has 0 spiro atoms. The molecule has 3 aromatic carbocycles. The topological polar surface area (TPSA) is 126 Å². The van der Waals surface area contributed by atoms with E-state index in [2.05, 4.69) is 16.0 Å². The molecule has 1 heterocycles. The maximum absolute atomic E-state index is 13.5. The standard InChI is InChI=1S/C32H33N5O3S.CH4/c1-20-10-11-24(30(39)35-25-12-13-25)18-27(20)36-32-37-28(23-9-5-8-22(16-23)17-26(38)14-15-33)29(41-32)31(40)34-19-21-6-3-2-4-7-21;/h2-11,16,18,25H,12-15,17,19,33H2,1H3,(H,34,40)(H,35,39)(H,36,37);1H4. The predicted octanol–water partition coefficient (Wildman–Crippen LogP) is 5.78. The average molecular weight is 584 g/mol. The Morgan fingerprint density at radius 1 is 0.952 bits per heavy atom. The second kappa shape index (κ2) is 14.0. The number of hydrogen-bond acceptors (Lipinski definition) is 7. The van der Waals surface area contributed by atoms with Crippen LogP contribution in [0.2, 0.25) is 0 Å². The minimum absolute atomic E-state index is 0. The molecule has 1 aliphatic carbocycles. The second-order valence-electron chi connectivity index (χ2n) is 10.2. The van der Waals surface area contributed by atoms with E-state index in [0.29, 0.717) is 40.8 Å². The summed E-state index contributed by atoms with van der Waals surface area (Å²) in [6, 6.07) is 23.0. The third-order valence-corrected chi connectivity index (χ3v) is 7.78. The predicted molar refractivity (Wildman–Crippen MR) is 169 cm³/mol. The summed E-state index contributed by atoms with van der Waals surface area (Å²) in [7, 11) is 0. The van der Waals surface area contributed by atoms with E-state index in [1.807, 2.05) is 79.7 Å². The van der Waals surface area contributed by atoms with Crippen LogP contribution in [0.4, 0.5) is 10.8 Å². The minimum Gasteiger partial charge on any atom is -0.349 e. The van der Waals surface area contributed by atoms with E-state index in [-0.39, 0.29) is 37.5 Å². The molecule has 8 nitrogen and oxygen atoms in total. The number of ketones is 1. The largest absolute Gasteiger partial charge is 0.349 e. The lowest BCUT2D eigenvalue weighted by Crippen LogP contribution is -2.25. The highest BCUT2D eigenvalue weighted by atomic mass is 32.1. The van der Waals surface area contributed by atoms with E-state index < -0.39 is 0 Å². The van der Waals surface area contributed by atoms with Gasteiger partial charge < -0.3 is 21.7 Å². The quantitative estimate of drug-likeness (QED) is 0.168. The van der Waals surface area contributed by atoms with Gasteiger partial charge in [-0.25, -0.2) is 4.98 Å². The first kappa shape index (κ1) is 30.6. The molecule has 0 radical (unpaired) electrons. The lowest BCUT2D eigenvalue weighted by atomic mass is 10.0. The molecule has 9 heteroatoms. The van der Waals surface area contributed by atoms with Crippen molar-refractivity contribution in [3.05, 3.63) is 99.9 Å². The molecule has 2 amide bonds. The summed E-state index contributed by atoms with van der Waals surface area (Å²) in [5.41, 5.74) is 10.9. The second-order valence-corrected chi connectivity index (χ2v) is 11.2. The van der Waals surface area contributed by atoms with Gasteiger partial charge in [-0.2, -0.15) is 0 Å². The van der Waals surface area contributed by atoms with Gasteiger partial charge in [0.05, 0.1) is 5.69 Å². The number of carbonyl (C=O) groups excluding carboxylic acids is 3. The van der Waals surface area contributed by atoms with Crippen molar-refractivity contribution in [2.24, 2.45) is 5.73 Å². The summed E-state index contributed by atoms with van der Waals surface area (Å²) >= 11 is 1.25. The van der Waals surface area contributed by atoms with Crippen molar-refractivity contribution < 1.29 is 14.4 Å². The Hall–Kier alpha value is -4.34. The normalized spacial score (nSPS) is 12.2. The van der Waals surface area contributed by atoms with E-state index in [0.717, 1.165) is 40.8 Å². The number of rotatable bonds is 12. The third kappa shape index (κ3) is 7.90. The summed E-state index contributed by atoms with van der Waals surface area (Å²) in [6.45, 7) is 2.65. The van der Waals surface area contributed by atoms with Crippen LogP contribution in [0, 0.1) is 6.92 Å². The molecule has 0 saturated heterocycles. The molecule has 1 aromatic heterocycles. The number of thiazole rings is 1. The van der Waals surface area contributed by atoms with Crippen molar-refractivity contribution in [2.45, 2.75) is 52.6 Å². The van der Waals surface area contributed by atoms with Gasteiger partial charge in [0, 0.05) is 42.2 Å². The smallest absolute Gasteiger partial charge is 0.264 e. The fourth-order valence-electron chi connectivity index (χ4n) is 4.40. The summed E-state index contributed by atoms with van der Waals surface area (Å²) in [4.78, 5) is 43.6. The van der Waals surface area contributed by atoms with Crippen molar-refractivity contribution in [2.75, 3.05) is 11.9 Å². The van der Waals surface area contributed by atoms with Crippen LogP contribution in [0.5, 0.6) is 0 Å². The number of anilines is 2. The third-order valence-electron chi connectivity index (χ3n) is 6.81. The van der Waals surface area contributed by atoms with Crippen LogP contribution in [0.3, 0.4) is 0 Å². The van der Waals surface area contributed by atoms with Gasteiger partial charge in [0.15, 0.2) is 5.13 Å². The maximum atomic E-state index is 13.5. The first-order valence-corrected chi connectivity index (χ1v) is 14.5. The van der Waals surface area contributed by atoms with Crippen molar-refractivity contribution in [3.8, 4) is 11.3 Å².